The zero-order chi connectivity index (χ0) is 22.4. The van der Waals surface area contributed by atoms with Gasteiger partial charge in [0.2, 0.25) is 10.0 Å². The van der Waals surface area contributed by atoms with Crippen LogP contribution in [0.4, 0.5) is 5.69 Å². The van der Waals surface area contributed by atoms with Gasteiger partial charge < -0.3 is 5.32 Å². The molecule has 0 unspecified atom stereocenters. The molecular formula is C25H28N2O3S. The van der Waals surface area contributed by atoms with Crippen LogP contribution < -0.4 is 9.62 Å². The topological polar surface area (TPSA) is 66.5 Å². The molecular weight excluding hydrogens is 408 g/mol. The fourth-order valence-electron chi connectivity index (χ4n) is 3.47. The molecule has 0 heterocycles. The van der Waals surface area contributed by atoms with Crippen LogP contribution in [0.15, 0.2) is 78.9 Å². The molecule has 3 aromatic carbocycles. The molecule has 31 heavy (non-hydrogen) atoms. The minimum atomic E-state index is -3.61. The normalized spacial score (nSPS) is 12.2. The molecule has 0 aliphatic heterocycles. The number of benzene rings is 3. The molecule has 0 aliphatic carbocycles. The summed E-state index contributed by atoms with van der Waals surface area (Å²) in [5.74, 6) is -0.301. The van der Waals surface area contributed by atoms with E-state index >= 15 is 0 Å². The highest BCUT2D eigenvalue weighted by Crippen LogP contribution is 2.26. The van der Waals surface area contributed by atoms with Crippen LogP contribution in [-0.2, 0) is 16.6 Å². The number of para-hydroxylation sites is 1. The number of hydrogen-bond acceptors (Lipinski definition) is 3. The minimum Gasteiger partial charge on any atom is -0.345 e. The van der Waals surface area contributed by atoms with Gasteiger partial charge in [-0.3, -0.25) is 9.10 Å². The number of anilines is 1. The summed E-state index contributed by atoms with van der Waals surface area (Å²) in [7, 11) is -3.61. The Morgan fingerprint density at radius 3 is 2.16 bits per heavy atom. The average molecular weight is 437 g/mol. The highest BCUT2D eigenvalue weighted by molar-refractivity contribution is 7.92. The lowest BCUT2D eigenvalue weighted by atomic mass is 10.0. The van der Waals surface area contributed by atoms with Gasteiger partial charge in [0.25, 0.3) is 5.91 Å². The number of amides is 1. The highest BCUT2D eigenvalue weighted by Gasteiger charge is 2.24. The van der Waals surface area contributed by atoms with Gasteiger partial charge in [0.15, 0.2) is 0 Å². The molecule has 0 saturated heterocycles. The van der Waals surface area contributed by atoms with Crippen LogP contribution in [0.5, 0.6) is 0 Å². The molecule has 162 valence electrons. The molecule has 0 aromatic heterocycles. The Balaban J connectivity index is 1.93. The second-order valence-corrected chi connectivity index (χ2v) is 9.52. The summed E-state index contributed by atoms with van der Waals surface area (Å²) in [6, 6.07) is 24.0. The number of aryl methyl sites for hydroxylation is 1. The third-order valence-electron chi connectivity index (χ3n) is 5.18. The molecule has 1 amide bonds. The van der Waals surface area contributed by atoms with E-state index < -0.39 is 10.0 Å². The zero-order valence-corrected chi connectivity index (χ0v) is 18.9. The molecule has 1 atom stereocenters. The molecule has 0 bridgehead atoms. The number of nitrogens with zero attached hydrogens (tertiary/aromatic N) is 1. The summed E-state index contributed by atoms with van der Waals surface area (Å²) >= 11 is 0. The molecule has 0 radical (unpaired) electrons. The van der Waals surface area contributed by atoms with E-state index in [2.05, 4.69) is 5.32 Å². The van der Waals surface area contributed by atoms with Gasteiger partial charge in [0, 0.05) is 0 Å². The van der Waals surface area contributed by atoms with Crippen LogP contribution in [0.1, 0.15) is 46.4 Å². The molecule has 3 rings (SSSR count). The zero-order valence-electron chi connectivity index (χ0n) is 18.1. The van der Waals surface area contributed by atoms with E-state index in [0.29, 0.717) is 11.3 Å². The predicted molar refractivity (Wildman–Crippen MR) is 126 cm³/mol. The third-order valence-corrected chi connectivity index (χ3v) is 6.31. The van der Waals surface area contributed by atoms with Crippen LogP contribution >= 0.6 is 0 Å². The van der Waals surface area contributed by atoms with E-state index in [-0.39, 0.29) is 18.5 Å². The number of sulfonamides is 1. The fourth-order valence-corrected chi connectivity index (χ4v) is 4.37. The van der Waals surface area contributed by atoms with Crippen LogP contribution in [0, 0.1) is 6.92 Å². The van der Waals surface area contributed by atoms with E-state index in [4.69, 9.17) is 0 Å². The first-order chi connectivity index (χ1) is 14.8. The number of rotatable bonds is 8. The molecule has 0 aliphatic rings. The Hall–Kier alpha value is -3.12. The van der Waals surface area contributed by atoms with Gasteiger partial charge in [0.1, 0.15) is 0 Å². The SMILES string of the molecule is CC[C@H](NC(=O)c1ccccc1N(Cc1ccccc1)S(C)(=O)=O)c1ccc(C)cc1. The van der Waals surface area contributed by atoms with E-state index in [1.165, 1.54) is 4.31 Å². The van der Waals surface area contributed by atoms with Crippen molar-refractivity contribution in [1.29, 1.82) is 0 Å². The molecule has 6 heteroatoms. The monoisotopic (exact) mass is 436 g/mol. The van der Waals surface area contributed by atoms with Gasteiger partial charge >= 0.3 is 0 Å². The van der Waals surface area contributed by atoms with Gasteiger partial charge in [-0.05, 0) is 36.6 Å². The molecule has 0 saturated carbocycles. The van der Waals surface area contributed by atoms with E-state index in [9.17, 15) is 13.2 Å². The summed E-state index contributed by atoms with van der Waals surface area (Å²) in [6.07, 6.45) is 1.88. The van der Waals surface area contributed by atoms with Gasteiger partial charge in [-0.15, -0.1) is 0 Å². The standard InChI is InChI=1S/C25H28N2O3S/c1-4-23(21-16-14-19(2)15-17-21)26-25(28)22-12-8-9-13-24(22)27(31(3,29)30)18-20-10-6-5-7-11-20/h5-17,23H,4,18H2,1-3H3,(H,26,28)/t23-/m0/s1. The molecule has 3 aromatic rings. The fraction of sp³-hybridized carbons (Fsp3) is 0.240. The van der Waals surface area contributed by atoms with E-state index in [0.717, 1.165) is 29.4 Å². The number of nitrogens with one attached hydrogen (secondary N) is 1. The van der Waals surface area contributed by atoms with Gasteiger partial charge in [-0.1, -0.05) is 79.2 Å². The summed E-state index contributed by atoms with van der Waals surface area (Å²) < 4.78 is 26.6. The van der Waals surface area contributed by atoms with Crippen molar-refractivity contribution in [2.75, 3.05) is 10.6 Å². The largest absolute Gasteiger partial charge is 0.345 e. The van der Waals surface area contributed by atoms with E-state index in [1.807, 2.05) is 68.4 Å². The van der Waals surface area contributed by atoms with Crippen molar-refractivity contribution in [1.82, 2.24) is 5.32 Å². The molecule has 5 nitrogen and oxygen atoms in total. The van der Waals surface area contributed by atoms with Crippen molar-refractivity contribution < 1.29 is 13.2 Å². The van der Waals surface area contributed by atoms with Crippen molar-refractivity contribution in [2.24, 2.45) is 0 Å². The van der Waals surface area contributed by atoms with Crippen molar-refractivity contribution in [3.8, 4) is 0 Å². The Bertz CT molecular complexity index is 1130. The highest BCUT2D eigenvalue weighted by atomic mass is 32.2. The lowest BCUT2D eigenvalue weighted by Crippen LogP contribution is -2.33. The van der Waals surface area contributed by atoms with Gasteiger partial charge in [0.05, 0.1) is 30.1 Å². The first kappa shape index (κ1) is 22.6. The molecule has 0 fully saturated rings. The smallest absolute Gasteiger partial charge is 0.253 e. The number of carbonyl (C=O) groups is 1. The Kier molecular flexibility index (Phi) is 7.13. The number of hydrogen-bond donors (Lipinski definition) is 1. The van der Waals surface area contributed by atoms with Gasteiger partial charge in [-0.2, -0.15) is 0 Å². The minimum absolute atomic E-state index is 0.152. The van der Waals surface area contributed by atoms with Crippen molar-refractivity contribution >= 4 is 21.6 Å². The summed E-state index contributed by atoms with van der Waals surface area (Å²) in [5, 5.41) is 3.07. The quantitative estimate of drug-likeness (QED) is 0.549. The molecule has 1 N–H and O–H groups in total. The maximum Gasteiger partial charge on any atom is 0.253 e. The lowest BCUT2D eigenvalue weighted by Gasteiger charge is -2.26. The average Bonchev–Trinajstić information content (AvgIpc) is 2.76. The maximum absolute atomic E-state index is 13.2. The summed E-state index contributed by atoms with van der Waals surface area (Å²) in [6.45, 7) is 4.18. The Labute approximate surface area is 184 Å². The second kappa shape index (κ2) is 9.79. The van der Waals surface area contributed by atoms with Crippen molar-refractivity contribution in [2.45, 2.75) is 32.9 Å². The van der Waals surface area contributed by atoms with Gasteiger partial charge in [-0.25, -0.2) is 8.42 Å². The predicted octanol–water partition coefficient (Wildman–Crippen LogP) is 4.84. The number of carbonyl (C=O) groups excluding carboxylic acids is 1. The second-order valence-electron chi connectivity index (χ2n) is 7.62. The molecule has 0 spiro atoms. The Morgan fingerprint density at radius 1 is 0.935 bits per heavy atom. The van der Waals surface area contributed by atoms with Crippen molar-refractivity contribution in [3.63, 3.8) is 0 Å². The first-order valence-electron chi connectivity index (χ1n) is 10.3. The summed E-state index contributed by atoms with van der Waals surface area (Å²) in [5.41, 5.74) is 3.71. The van der Waals surface area contributed by atoms with Crippen LogP contribution in [0.3, 0.4) is 0 Å². The van der Waals surface area contributed by atoms with Crippen LogP contribution in [0.2, 0.25) is 0 Å². The van der Waals surface area contributed by atoms with E-state index in [1.54, 1.807) is 24.3 Å². The van der Waals surface area contributed by atoms with Crippen LogP contribution in [0.25, 0.3) is 0 Å². The lowest BCUT2D eigenvalue weighted by molar-refractivity contribution is 0.0936. The first-order valence-corrected chi connectivity index (χ1v) is 12.1. The third kappa shape index (κ3) is 5.73. The summed E-state index contributed by atoms with van der Waals surface area (Å²) in [4.78, 5) is 13.2. The maximum atomic E-state index is 13.2. The van der Waals surface area contributed by atoms with Crippen LogP contribution in [-0.4, -0.2) is 20.6 Å². The Morgan fingerprint density at radius 2 is 1.55 bits per heavy atom. The van der Waals surface area contributed by atoms with Crippen molar-refractivity contribution in [3.05, 3.63) is 101 Å².